The molecule has 96 valence electrons. The van der Waals surface area contributed by atoms with Gasteiger partial charge in [-0.05, 0) is 17.4 Å². The molecular formula is C9H11N5O2S2. The smallest absolute Gasteiger partial charge is 0.313 e. The van der Waals surface area contributed by atoms with Gasteiger partial charge in [-0.1, -0.05) is 11.8 Å². The van der Waals surface area contributed by atoms with Gasteiger partial charge in [-0.25, -0.2) is 9.67 Å². The average Bonchev–Trinajstić information content (AvgIpc) is 2.92. The Morgan fingerprint density at radius 3 is 3.11 bits per heavy atom. The number of nitrogens with zero attached hydrogens (tertiary/aromatic N) is 5. The summed E-state index contributed by atoms with van der Waals surface area (Å²) in [6.07, 6.45) is 0.732. The van der Waals surface area contributed by atoms with E-state index in [9.17, 15) is 4.79 Å². The number of thioether (sulfide) groups is 1. The summed E-state index contributed by atoms with van der Waals surface area (Å²) in [4.78, 5) is 14.8. The molecule has 2 heterocycles. The number of hydrogen-bond acceptors (Lipinski definition) is 7. The van der Waals surface area contributed by atoms with Crippen LogP contribution in [-0.2, 0) is 17.8 Å². The first kappa shape index (κ1) is 13.0. The maximum absolute atomic E-state index is 10.5. The maximum atomic E-state index is 10.5. The minimum Gasteiger partial charge on any atom is -0.481 e. The van der Waals surface area contributed by atoms with Crippen LogP contribution in [0.2, 0.25) is 0 Å². The molecule has 9 heteroatoms. The minimum absolute atomic E-state index is 0.0455. The number of carboxylic acids is 1. The molecule has 0 aliphatic heterocycles. The van der Waals surface area contributed by atoms with Gasteiger partial charge in [0.1, 0.15) is 0 Å². The van der Waals surface area contributed by atoms with Crippen molar-refractivity contribution in [1.29, 1.82) is 0 Å². The highest BCUT2D eigenvalue weighted by atomic mass is 32.2. The molecule has 0 saturated heterocycles. The summed E-state index contributed by atoms with van der Waals surface area (Å²) in [5.41, 5.74) is 1.00. The first-order chi connectivity index (χ1) is 8.65. The summed E-state index contributed by atoms with van der Waals surface area (Å²) in [6, 6.07) is 0. The zero-order chi connectivity index (χ0) is 13.0. The molecule has 0 fully saturated rings. The standard InChI is InChI=1S/C9H11N5O2S2/c1-6-10-7(4-17-6)2-3-14-9(11-12-13-14)18-5-8(15)16/h4H,2-3,5H2,1H3,(H,15,16). The molecule has 0 saturated carbocycles. The van der Waals surface area contributed by atoms with E-state index in [-0.39, 0.29) is 5.75 Å². The highest BCUT2D eigenvalue weighted by Crippen LogP contribution is 2.14. The molecule has 1 N–H and O–H groups in total. The Balaban J connectivity index is 1.93. The number of carbonyl (C=O) groups is 1. The van der Waals surface area contributed by atoms with Crippen LogP contribution in [0.3, 0.4) is 0 Å². The van der Waals surface area contributed by atoms with Crippen molar-refractivity contribution in [1.82, 2.24) is 25.2 Å². The lowest BCUT2D eigenvalue weighted by atomic mass is 10.3. The molecule has 0 spiro atoms. The van der Waals surface area contributed by atoms with Crippen LogP contribution in [0, 0.1) is 6.92 Å². The summed E-state index contributed by atoms with van der Waals surface area (Å²) in [6.45, 7) is 2.55. The van der Waals surface area contributed by atoms with E-state index in [0.29, 0.717) is 11.7 Å². The van der Waals surface area contributed by atoms with Gasteiger partial charge in [-0.15, -0.1) is 16.4 Å². The van der Waals surface area contributed by atoms with Crippen LogP contribution in [0.15, 0.2) is 10.5 Å². The average molecular weight is 285 g/mol. The molecule has 2 aromatic rings. The molecule has 0 amide bonds. The molecule has 0 radical (unpaired) electrons. The summed E-state index contributed by atoms with van der Waals surface area (Å²) in [7, 11) is 0. The Labute approximate surface area is 111 Å². The predicted molar refractivity (Wildman–Crippen MR) is 66.7 cm³/mol. The van der Waals surface area contributed by atoms with E-state index >= 15 is 0 Å². The summed E-state index contributed by atoms with van der Waals surface area (Å²) in [5, 5.41) is 23.3. The van der Waals surface area contributed by atoms with E-state index < -0.39 is 5.97 Å². The highest BCUT2D eigenvalue weighted by molar-refractivity contribution is 7.99. The molecule has 0 bridgehead atoms. The van der Waals surface area contributed by atoms with Gasteiger partial charge in [0.25, 0.3) is 0 Å². The van der Waals surface area contributed by atoms with Gasteiger partial charge in [0.15, 0.2) is 0 Å². The van der Waals surface area contributed by atoms with E-state index in [1.54, 1.807) is 16.0 Å². The van der Waals surface area contributed by atoms with Crippen molar-refractivity contribution in [3.63, 3.8) is 0 Å². The molecule has 2 aromatic heterocycles. The van der Waals surface area contributed by atoms with Crippen LogP contribution >= 0.6 is 23.1 Å². The van der Waals surface area contributed by atoms with Crippen molar-refractivity contribution in [3.8, 4) is 0 Å². The van der Waals surface area contributed by atoms with Crippen molar-refractivity contribution in [2.24, 2.45) is 0 Å². The molecule has 0 unspecified atom stereocenters. The van der Waals surface area contributed by atoms with Crippen LogP contribution in [0.4, 0.5) is 0 Å². The summed E-state index contributed by atoms with van der Waals surface area (Å²) >= 11 is 2.72. The number of aliphatic carboxylic acids is 1. The van der Waals surface area contributed by atoms with E-state index in [1.807, 2.05) is 12.3 Å². The van der Waals surface area contributed by atoms with Gasteiger partial charge in [0, 0.05) is 11.8 Å². The van der Waals surface area contributed by atoms with Gasteiger partial charge < -0.3 is 5.11 Å². The number of aromatic nitrogens is 5. The highest BCUT2D eigenvalue weighted by Gasteiger charge is 2.09. The number of carboxylic acid groups (broad SMARTS) is 1. The molecule has 0 aliphatic rings. The Morgan fingerprint density at radius 2 is 2.44 bits per heavy atom. The molecule has 0 aliphatic carbocycles. The van der Waals surface area contributed by atoms with E-state index in [4.69, 9.17) is 5.11 Å². The number of hydrogen-bond donors (Lipinski definition) is 1. The molecule has 7 nitrogen and oxygen atoms in total. The zero-order valence-corrected chi connectivity index (χ0v) is 11.2. The number of aryl methyl sites for hydroxylation is 3. The molecule has 0 atom stereocenters. The van der Waals surface area contributed by atoms with Gasteiger partial charge in [0.2, 0.25) is 5.16 Å². The fraction of sp³-hybridized carbons (Fsp3) is 0.444. The first-order valence-corrected chi connectivity index (χ1v) is 7.03. The Morgan fingerprint density at radius 1 is 1.61 bits per heavy atom. The van der Waals surface area contributed by atoms with Crippen molar-refractivity contribution < 1.29 is 9.90 Å². The lowest BCUT2D eigenvalue weighted by Crippen LogP contribution is -2.07. The van der Waals surface area contributed by atoms with Crippen LogP contribution < -0.4 is 0 Å². The zero-order valence-electron chi connectivity index (χ0n) is 9.61. The van der Waals surface area contributed by atoms with Crippen LogP contribution in [0.5, 0.6) is 0 Å². The van der Waals surface area contributed by atoms with E-state index in [2.05, 4.69) is 20.5 Å². The lowest BCUT2D eigenvalue weighted by molar-refractivity contribution is -0.133. The molecule has 0 aromatic carbocycles. The van der Waals surface area contributed by atoms with Crippen LogP contribution in [0.25, 0.3) is 0 Å². The third-order valence-electron chi connectivity index (χ3n) is 2.07. The van der Waals surface area contributed by atoms with Crippen molar-refractivity contribution in [2.45, 2.75) is 25.0 Å². The fourth-order valence-electron chi connectivity index (χ4n) is 1.31. The predicted octanol–water partition coefficient (Wildman–Crippen LogP) is 0.857. The largest absolute Gasteiger partial charge is 0.481 e. The fourth-order valence-corrected chi connectivity index (χ4v) is 2.58. The first-order valence-electron chi connectivity index (χ1n) is 5.17. The third-order valence-corrected chi connectivity index (χ3v) is 3.83. The third kappa shape index (κ3) is 3.50. The lowest BCUT2D eigenvalue weighted by Gasteiger charge is -2.01. The second-order valence-corrected chi connectivity index (χ2v) is 5.48. The Kier molecular flexibility index (Phi) is 4.26. The number of rotatable bonds is 6. The molecule has 2 rings (SSSR count). The van der Waals surface area contributed by atoms with Crippen LogP contribution in [-0.4, -0.2) is 42.0 Å². The number of tetrazole rings is 1. The van der Waals surface area contributed by atoms with E-state index in [0.717, 1.165) is 28.9 Å². The second kappa shape index (κ2) is 5.91. The van der Waals surface area contributed by atoms with Gasteiger partial charge in [0.05, 0.1) is 23.0 Å². The van der Waals surface area contributed by atoms with E-state index in [1.165, 1.54) is 0 Å². The van der Waals surface area contributed by atoms with Gasteiger partial charge in [-0.3, -0.25) is 4.79 Å². The summed E-state index contributed by atoms with van der Waals surface area (Å²) < 4.78 is 1.60. The Hall–Kier alpha value is -1.48. The topological polar surface area (TPSA) is 93.8 Å². The normalized spacial score (nSPS) is 10.7. The second-order valence-electron chi connectivity index (χ2n) is 3.47. The SMILES string of the molecule is Cc1nc(CCn2nnnc2SCC(=O)O)cs1. The number of thiazole rings is 1. The van der Waals surface area contributed by atoms with Crippen molar-refractivity contribution in [2.75, 3.05) is 5.75 Å². The monoisotopic (exact) mass is 285 g/mol. The van der Waals surface area contributed by atoms with Crippen LogP contribution in [0.1, 0.15) is 10.7 Å². The van der Waals surface area contributed by atoms with Gasteiger partial charge >= 0.3 is 5.97 Å². The maximum Gasteiger partial charge on any atom is 0.313 e. The molecule has 18 heavy (non-hydrogen) atoms. The van der Waals surface area contributed by atoms with Crippen molar-refractivity contribution >= 4 is 29.1 Å². The summed E-state index contributed by atoms with van der Waals surface area (Å²) in [5.74, 6) is -0.930. The van der Waals surface area contributed by atoms with Gasteiger partial charge in [-0.2, -0.15) is 0 Å². The molecular weight excluding hydrogens is 274 g/mol. The quantitative estimate of drug-likeness (QED) is 0.786. The van der Waals surface area contributed by atoms with Crippen molar-refractivity contribution in [3.05, 3.63) is 16.1 Å². The minimum atomic E-state index is -0.885. The Bertz CT molecular complexity index is 539.